The van der Waals surface area contributed by atoms with E-state index in [0.717, 1.165) is 54.2 Å². The van der Waals surface area contributed by atoms with Crippen LogP contribution in [-0.2, 0) is 17.5 Å². The fourth-order valence-electron chi connectivity index (χ4n) is 3.20. The van der Waals surface area contributed by atoms with Crippen molar-refractivity contribution in [2.75, 3.05) is 31.6 Å². The molecular weight excluding hydrogens is 385 g/mol. The van der Waals surface area contributed by atoms with Gasteiger partial charge in [0.15, 0.2) is 0 Å². The van der Waals surface area contributed by atoms with Crippen LogP contribution in [0.3, 0.4) is 0 Å². The maximum Gasteiger partial charge on any atom is 0.416 e. The van der Waals surface area contributed by atoms with Gasteiger partial charge in [0.1, 0.15) is 5.82 Å². The molecule has 0 aliphatic carbocycles. The molecule has 152 valence electrons. The van der Waals surface area contributed by atoms with Crippen LogP contribution in [0.25, 0.3) is 11.0 Å². The van der Waals surface area contributed by atoms with E-state index in [1.165, 1.54) is 0 Å². The summed E-state index contributed by atoms with van der Waals surface area (Å²) in [5.41, 5.74) is 1.44. The van der Waals surface area contributed by atoms with Crippen LogP contribution in [0.1, 0.15) is 21.7 Å². The predicted molar refractivity (Wildman–Crippen MR) is 102 cm³/mol. The minimum atomic E-state index is -4.43. The number of carbonyl (C=O) groups is 1. The average molecular weight is 404 g/mol. The van der Waals surface area contributed by atoms with Gasteiger partial charge in [0.05, 0.1) is 36.4 Å². The van der Waals surface area contributed by atoms with Gasteiger partial charge in [0.2, 0.25) is 0 Å². The van der Waals surface area contributed by atoms with Gasteiger partial charge in [-0.15, -0.1) is 0 Å². The number of carbonyl (C=O) groups excluding carboxylic acids is 1. The molecule has 1 aliphatic rings. The fraction of sp³-hybridized carbons (Fsp3) is 0.300. The van der Waals surface area contributed by atoms with Crippen LogP contribution >= 0.6 is 0 Å². The summed E-state index contributed by atoms with van der Waals surface area (Å²) >= 11 is 0. The number of nitrogens with one attached hydrogen (secondary N) is 2. The number of morpholine rings is 1. The van der Waals surface area contributed by atoms with Crippen molar-refractivity contribution in [3.05, 3.63) is 59.4 Å². The highest BCUT2D eigenvalue weighted by Crippen LogP contribution is 2.29. The Hall–Kier alpha value is -2.91. The van der Waals surface area contributed by atoms with Crippen LogP contribution in [0.2, 0.25) is 0 Å². The van der Waals surface area contributed by atoms with Crippen LogP contribution in [0, 0.1) is 0 Å². The molecule has 1 aromatic heterocycles. The molecule has 0 radical (unpaired) electrons. The number of hydrogen-bond donors (Lipinski definition) is 2. The molecule has 6 nitrogen and oxygen atoms in total. The molecule has 2 heterocycles. The molecule has 9 heteroatoms. The summed E-state index contributed by atoms with van der Waals surface area (Å²) in [5.74, 6) is 0.347. The second-order valence-corrected chi connectivity index (χ2v) is 6.83. The summed E-state index contributed by atoms with van der Waals surface area (Å²) in [7, 11) is 0. The number of fused-ring (bicyclic) bond motifs is 1. The molecule has 0 unspecified atom stereocenters. The van der Waals surface area contributed by atoms with Crippen LogP contribution in [-0.4, -0.2) is 47.1 Å². The summed E-state index contributed by atoms with van der Waals surface area (Å²) in [6.07, 6.45) is -4.43. The average Bonchev–Trinajstić information content (AvgIpc) is 3.09. The van der Waals surface area contributed by atoms with E-state index in [1.54, 1.807) is 18.2 Å². The Balaban J connectivity index is 1.45. The fourth-order valence-corrected chi connectivity index (χ4v) is 3.20. The molecule has 1 aliphatic heterocycles. The van der Waals surface area contributed by atoms with Crippen LogP contribution < -0.4 is 5.32 Å². The van der Waals surface area contributed by atoms with Gasteiger partial charge < -0.3 is 15.0 Å². The molecule has 1 fully saturated rings. The smallest absolute Gasteiger partial charge is 0.379 e. The Bertz CT molecular complexity index is 1010. The van der Waals surface area contributed by atoms with Crippen molar-refractivity contribution < 1.29 is 22.7 Å². The van der Waals surface area contributed by atoms with Gasteiger partial charge in [-0.1, -0.05) is 0 Å². The standard InChI is InChI=1S/C20H19F3N4O2/c21-20(22,23)14-3-1-13(2-4-14)19(28)24-15-5-6-16-17(11-15)26-18(25-16)12-27-7-9-29-10-8-27/h1-6,11H,7-10,12H2,(H,24,28)(H,25,26). The van der Waals surface area contributed by atoms with E-state index in [2.05, 4.69) is 20.2 Å². The first-order chi connectivity index (χ1) is 13.9. The molecule has 29 heavy (non-hydrogen) atoms. The zero-order chi connectivity index (χ0) is 20.4. The highest BCUT2D eigenvalue weighted by molar-refractivity contribution is 6.05. The molecule has 3 aromatic rings. The van der Waals surface area contributed by atoms with Crippen molar-refractivity contribution in [2.45, 2.75) is 12.7 Å². The molecule has 2 aromatic carbocycles. The van der Waals surface area contributed by atoms with Crippen molar-refractivity contribution >= 4 is 22.6 Å². The lowest BCUT2D eigenvalue weighted by molar-refractivity contribution is -0.137. The van der Waals surface area contributed by atoms with E-state index in [-0.39, 0.29) is 5.56 Å². The first-order valence-corrected chi connectivity index (χ1v) is 9.16. The van der Waals surface area contributed by atoms with Gasteiger partial charge in [0, 0.05) is 24.3 Å². The molecule has 2 N–H and O–H groups in total. The number of aromatic nitrogens is 2. The van der Waals surface area contributed by atoms with Gasteiger partial charge in [-0.05, 0) is 42.5 Å². The largest absolute Gasteiger partial charge is 0.416 e. The third-order valence-electron chi connectivity index (χ3n) is 4.74. The third-order valence-corrected chi connectivity index (χ3v) is 4.74. The SMILES string of the molecule is O=C(Nc1ccc2nc(CN3CCOCC3)[nH]c2c1)c1ccc(C(F)(F)F)cc1. The van der Waals surface area contributed by atoms with Gasteiger partial charge in [-0.25, -0.2) is 4.98 Å². The maximum absolute atomic E-state index is 12.6. The topological polar surface area (TPSA) is 70.2 Å². The quantitative estimate of drug-likeness (QED) is 0.696. The number of nitrogens with zero attached hydrogens (tertiary/aromatic N) is 2. The lowest BCUT2D eigenvalue weighted by Gasteiger charge is -2.25. The summed E-state index contributed by atoms with van der Waals surface area (Å²) in [6.45, 7) is 3.81. The number of halogens is 3. The lowest BCUT2D eigenvalue weighted by atomic mass is 10.1. The number of hydrogen-bond acceptors (Lipinski definition) is 4. The van der Waals surface area contributed by atoms with E-state index in [1.807, 2.05) is 0 Å². The van der Waals surface area contributed by atoms with Crippen molar-refractivity contribution in [2.24, 2.45) is 0 Å². The summed E-state index contributed by atoms with van der Waals surface area (Å²) in [4.78, 5) is 22.4. The Morgan fingerprint density at radius 3 is 2.55 bits per heavy atom. The van der Waals surface area contributed by atoms with Crippen LogP contribution in [0.15, 0.2) is 42.5 Å². The van der Waals surface area contributed by atoms with Crippen molar-refractivity contribution in [1.82, 2.24) is 14.9 Å². The number of anilines is 1. The number of aromatic amines is 1. The van der Waals surface area contributed by atoms with E-state index in [9.17, 15) is 18.0 Å². The van der Waals surface area contributed by atoms with Crippen LogP contribution in [0.4, 0.5) is 18.9 Å². The second kappa shape index (κ2) is 7.84. The van der Waals surface area contributed by atoms with Gasteiger partial charge in [-0.3, -0.25) is 9.69 Å². The van der Waals surface area contributed by atoms with E-state index in [4.69, 9.17) is 4.74 Å². The Kier molecular flexibility index (Phi) is 5.25. The minimum absolute atomic E-state index is 0.149. The number of amides is 1. The molecule has 0 spiro atoms. The second-order valence-electron chi connectivity index (χ2n) is 6.83. The summed E-state index contributed by atoms with van der Waals surface area (Å²) in [6, 6.07) is 9.37. The molecular formula is C20H19F3N4O2. The van der Waals surface area contributed by atoms with Crippen molar-refractivity contribution in [3.63, 3.8) is 0 Å². The monoisotopic (exact) mass is 404 g/mol. The number of imidazole rings is 1. The Morgan fingerprint density at radius 2 is 1.86 bits per heavy atom. The highest BCUT2D eigenvalue weighted by Gasteiger charge is 2.30. The summed E-state index contributed by atoms with van der Waals surface area (Å²) < 4.78 is 43.3. The first kappa shape index (κ1) is 19.4. The minimum Gasteiger partial charge on any atom is -0.379 e. The van der Waals surface area contributed by atoms with Crippen molar-refractivity contribution in [1.29, 1.82) is 0 Å². The lowest BCUT2D eigenvalue weighted by Crippen LogP contribution is -2.35. The number of alkyl halides is 3. The van der Waals surface area contributed by atoms with Crippen molar-refractivity contribution in [3.8, 4) is 0 Å². The Labute approximate surface area is 164 Å². The van der Waals surface area contributed by atoms with E-state index >= 15 is 0 Å². The maximum atomic E-state index is 12.6. The normalized spacial score (nSPS) is 15.6. The van der Waals surface area contributed by atoms with Gasteiger partial charge in [-0.2, -0.15) is 13.2 Å². The van der Waals surface area contributed by atoms with E-state index in [0.29, 0.717) is 25.4 Å². The zero-order valence-electron chi connectivity index (χ0n) is 15.4. The number of rotatable bonds is 4. The molecule has 0 bridgehead atoms. The third kappa shape index (κ3) is 4.57. The molecule has 0 saturated carbocycles. The predicted octanol–water partition coefficient (Wildman–Crippen LogP) is 3.67. The molecule has 4 rings (SSSR count). The van der Waals surface area contributed by atoms with Gasteiger partial charge >= 0.3 is 6.18 Å². The summed E-state index contributed by atoms with van der Waals surface area (Å²) in [5, 5.41) is 2.70. The molecule has 1 saturated heterocycles. The molecule has 1 amide bonds. The molecule has 0 atom stereocenters. The van der Waals surface area contributed by atoms with Gasteiger partial charge in [0.25, 0.3) is 5.91 Å². The number of H-pyrrole nitrogens is 1. The Morgan fingerprint density at radius 1 is 1.14 bits per heavy atom. The van der Waals surface area contributed by atoms with Crippen LogP contribution in [0.5, 0.6) is 0 Å². The number of benzene rings is 2. The first-order valence-electron chi connectivity index (χ1n) is 9.16. The van der Waals surface area contributed by atoms with E-state index < -0.39 is 17.6 Å². The number of ether oxygens (including phenoxy) is 1. The zero-order valence-corrected chi connectivity index (χ0v) is 15.4. The highest BCUT2D eigenvalue weighted by atomic mass is 19.4.